The van der Waals surface area contributed by atoms with Gasteiger partial charge in [-0.05, 0) is 24.6 Å². The molecule has 1 aromatic heterocycles. The zero-order valence-corrected chi connectivity index (χ0v) is 11.5. The summed E-state index contributed by atoms with van der Waals surface area (Å²) in [4.78, 5) is 25.9. The van der Waals surface area contributed by atoms with Gasteiger partial charge < -0.3 is 5.32 Å². The lowest BCUT2D eigenvalue weighted by Gasteiger charge is -2.08. The van der Waals surface area contributed by atoms with Gasteiger partial charge in [-0.3, -0.25) is 14.9 Å². The molecule has 0 fully saturated rings. The molecule has 0 atom stereocenters. The molecule has 0 radical (unpaired) electrons. The van der Waals surface area contributed by atoms with E-state index in [1.54, 1.807) is 13.0 Å². The fourth-order valence-electron chi connectivity index (χ4n) is 1.68. The van der Waals surface area contributed by atoms with E-state index in [1.807, 2.05) is 0 Å². The Kier molecular flexibility index (Phi) is 4.13. The molecule has 1 amide bonds. The standard InChI is InChI=1S/C13H9ClFN3O3/c1-7-2-3-11(18(20)21)10(4-7)17-13(19)9-5-8(15)6-16-12(9)14/h2-6H,1H3,(H,17,19). The van der Waals surface area contributed by atoms with Gasteiger partial charge in [0.1, 0.15) is 16.7 Å². The van der Waals surface area contributed by atoms with Crippen LogP contribution in [0.3, 0.4) is 0 Å². The van der Waals surface area contributed by atoms with Crippen molar-refractivity contribution in [3.8, 4) is 0 Å². The average molecular weight is 310 g/mol. The number of anilines is 1. The summed E-state index contributed by atoms with van der Waals surface area (Å²) >= 11 is 5.72. The zero-order valence-electron chi connectivity index (χ0n) is 10.8. The molecule has 6 nitrogen and oxygen atoms in total. The van der Waals surface area contributed by atoms with E-state index in [4.69, 9.17) is 11.6 Å². The van der Waals surface area contributed by atoms with Crippen LogP contribution >= 0.6 is 11.6 Å². The maximum Gasteiger partial charge on any atom is 0.292 e. The lowest BCUT2D eigenvalue weighted by atomic mass is 10.2. The van der Waals surface area contributed by atoms with Crippen LogP contribution in [0.1, 0.15) is 15.9 Å². The van der Waals surface area contributed by atoms with E-state index in [0.29, 0.717) is 0 Å². The first-order chi connectivity index (χ1) is 9.88. The molecule has 1 aromatic carbocycles. The number of aromatic nitrogens is 1. The Balaban J connectivity index is 2.38. The Bertz CT molecular complexity index is 737. The first kappa shape index (κ1) is 14.9. The van der Waals surface area contributed by atoms with Crippen LogP contribution in [-0.4, -0.2) is 15.8 Å². The number of hydrogen-bond donors (Lipinski definition) is 1. The number of aryl methyl sites for hydroxylation is 1. The predicted octanol–water partition coefficient (Wildman–Crippen LogP) is 3.34. The van der Waals surface area contributed by atoms with Crippen molar-refractivity contribution in [1.29, 1.82) is 0 Å². The van der Waals surface area contributed by atoms with Crippen molar-refractivity contribution in [3.05, 3.63) is 62.7 Å². The summed E-state index contributed by atoms with van der Waals surface area (Å²) in [6, 6.07) is 5.17. The Labute approximate surface area is 123 Å². The van der Waals surface area contributed by atoms with Crippen LogP contribution in [0.2, 0.25) is 5.15 Å². The van der Waals surface area contributed by atoms with Crippen molar-refractivity contribution < 1.29 is 14.1 Å². The van der Waals surface area contributed by atoms with E-state index in [9.17, 15) is 19.3 Å². The lowest BCUT2D eigenvalue weighted by Crippen LogP contribution is -2.14. The van der Waals surface area contributed by atoms with Crippen LogP contribution in [-0.2, 0) is 0 Å². The zero-order chi connectivity index (χ0) is 15.6. The number of carbonyl (C=O) groups excluding carboxylic acids is 1. The molecule has 8 heteroatoms. The van der Waals surface area contributed by atoms with E-state index in [-0.39, 0.29) is 22.1 Å². The number of nitro benzene ring substituents is 1. The van der Waals surface area contributed by atoms with Gasteiger partial charge in [-0.25, -0.2) is 9.37 Å². The lowest BCUT2D eigenvalue weighted by molar-refractivity contribution is -0.383. The molecule has 108 valence electrons. The fourth-order valence-corrected chi connectivity index (χ4v) is 1.87. The molecule has 0 unspecified atom stereocenters. The van der Waals surface area contributed by atoms with Gasteiger partial charge in [0.25, 0.3) is 11.6 Å². The number of benzene rings is 1. The largest absolute Gasteiger partial charge is 0.316 e. The van der Waals surface area contributed by atoms with E-state index in [0.717, 1.165) is 17.8 Å². The van der Waals surface area contributed by atoms with Crippen LogP contribution in [0.4, 0.5) is 15.8 Å². The molecular weight excluding hydrogens is 301 g/mol. The van der Waals surface area contributed by atoms with Crippen molar-refractivity contribution in [3.63, 3.8) is 0 Å². The van der Waals surface area contributed by atoms with Crippen LogP contribution in [0.15, 0.2) is 30.5 Å². The predicted molar refractivity (Wildman–Crippen MR) is 75.0 cm³/mol. The van der Waals surface area contributed by atoms with Gasteiger partial charge in [0.15, 0.2) is 0 Å². The van der Waals surface area contributed by atoms with Gasteiger partial charge in [0.2, 0.25) is 0 Å². The van der Waals surface area contributed by atoms with E-state index in [1.165, 1.54) is 12.1 Å². The minimum Gasteiger partial charge on any atom is -0.316 e. The van der Waals surface area contributed by atoms with Gasteiger partial charge in [0.05, 0.1) is 16.7 Å². The second kappa shape index (κ2) is 5.84. The third-order valence-electron chi connectivity index (χ3n) is 2.65. The van der Waals surface area contributed by atoms with E-state index < -0.39 is 16.6 Å². The van der Waals surface area contributed by atoms with Crippen molar-refractivity contribution in [2.75, 3.05) is 5.32 Å². The van der Waals surface area contributed by atoms with Gasteiger partial charge >= 0.3 is 0 Å². The minimum absolute atomic E-state index is 0.00493. The Hall–Kier alpha value is -2.54. The second-order valence-corrected chi connectivity index (χ2v) is 4.58. The Morgan fingerprint density at radius 2 is 2.14 bits per heavy atom. The highest BCUT2D eigenvalue weighted by atomic mass is 35.5. The number of pyridine rings is 1. The highest BCUT2D eigenvalue weighted by Crippen LogP contribution is 2.26. The van der Waals surface area contributed by atoms with Crippen molar-refractivity contribution in [2.45, 2.75) is 6.92 Å². The molecular formula is C13H9ClFN3O3. The van der Waals surface area contributed by atoms with Crippen LogP contribution in [0, 0.1) is 22.9 Å². The Morgan fingerprint density at radius 3 is 2.81 bits per heavy atom. The number of nitro groups is 1. The maximum absolute atomic E-state index is 13.1. The quantitative estimate of drug-likeness (QED) is 0.535. The molecule has 2 aromatic rings. The Morgan fingerprint density at radius 1 is 1.43 bits per heavy atom. The van der Waals surface area contributed by atoms with Gasteiger partial charge in [-0.1, -0.05) is 17.7 Å². The minimum atomic E-state index is -0.777. The maximum atomic E-state index is 13.1. The molecule has 0 aliphatic rings. The van der Waals surface area contributed by atoms with Gasteiger partial charge in [-0.15, -0.1) is 0 Å². The molecule has 1 heterocycles. The molecule has 0 saturated carbocycles. The van der Waals surface area contributed by atoms with Crippen LogP contribution < -0.4 is 5.32 Å². The van der Waals surface area contributed by atoms with Crippen LogP contribution in [0.25, 0.3) is 0 Å². The highest BCUT2D eigenvalue weighted by Gasteiger charge is 2.19. The number of halogens is 2. The number of amides is 1. The SMILES string of the molecule is Cc1ccc([N+](=O)[O-])c(NC(=O)c2cc(F)cnc2Cl)c1. The summed E-state index contributed by atoms with van der Waals surface area (Å²) in [7, 11) is 0. The average Bonchev–Trinajstić information content (AvgIpc) is 2.41. The summed E-state index contributed by atoms with van der Waals surface area (Å²) in [6.45, 7) is 1.72. The smallest absolute Gasteiger partial charge is 0.292 e. The molecule has 0 saturated heterocycles. The summed E-state index contributed by atoms with van der Waals surface area (Å²) < 4.78 is 13.1. The van der Waals surface area contributed by atoms with Crippen molar-refractivity contribution in [1.82, 2.24) is 4.98 Å². The fraction of sp³-hybridized carbons (Fsp3) is 0.0769. The monoisotopic (exact) mass is 309 g/mol. The first-order valence-corrected chi connectivity index (χ1v) is 6.13. The first-order valence-electron chi connectivity index (χ1n) is 5.76. The molecule has 1 N–H and O–H groups in total. The third-order valence-corrected chi connectivity index (χ3v) is 2.95. The van der Waals surface area contributed by atoms with E-state index in [2.05, 4.69) is 10.3 Å². The molecule has 0 aliphatic carbocycles. The summed E-state index contributed by atoms with van der Waals surface area (Å²) in [5.74, 6) is -1.51. The molecule has 0 bridgehead atoms. The summed E-state index contributed by atoms with van der Waals surface area (Å²) in [5, 5.41) is 13.1. The topological polar surface area (TPSA) is 85.1 Å². The number of nitrogens with zero attached hydrogens (tertiary/aromatic N) is 2. The highest BCUT2D eigenvalue weighted by molar-refractivity contribution is 6.33. The number of nitrogens with one attached hydrogen (secondary N) is 1. The second-order valence-electron chi connectivity index (χ2n) is 4.22. The van der Waals surface area contributed by atoms with Gasteiger partial charge in [-0.2, -0.15) is 0 Å². The van der Waals surface area contributed by atoms with E-state index >= 15 is 0 Å². The van der Waals surface area contributed by atoms with Crippen molar-refractivity contribution in [2.24, 2.45) is 0 Å². The summed E-state index contributed by atoms with van der Waals surface area (Å²) in [5.41, 5.74) is 0.256. The van der Waals surface area contributed by atoms with Crippen LogP contribution in [0.5, 0.6) is 0 Å². The molecule has 0 aliphatic heterocycles. The number of hydrogen-bond acceptors (Lipinski definition) is 4. The number of carbonyl (C=O) groups is 1. The van der Waals surface area contributed by atoms with Gasteiger partial charge in [0, 0.05) is 6.07 Å². The summed E-state index contributed by atoms with van der Waals surface area (Å²) in [6.07, 6.45) is 0.869. The molecule has 21 heavy (non-hydrogen) atoms. The third kappa shape index (κ3) is 3.32. The normalized spacial score (nSPS) is 10.2. The number of rotatable bonds is 3. The molecule has 2 rings (SSSR count). The molecule has 0 spiro atoms. The van der Waals surface area contributed by atoms with Crippen molar-refractivity contribution >= 4 is 28.9 Å².